The van der Waals surface area contributed by atoms with Gasteiger partial charge in [-0.1, -0.05) is 20.8 Å². The zero-order valence-corrected chi connectivity index (χ0v) is 8.54. The van der Waals surface area contributed by atoms with E-state index in [0.717, 1.165) is 6.42 Å². The molecule has 0 aromatic carbocycles. The summed E-state index contributed by atoms with van der Waals surface area (Å²) in [6.07, 6.45) is 6.01. The number of rotatable bonds is 0. The van der Waals surface area contributed by atoms with Gasteiger partial charge in [0.05, 0.1) is 0 Å². The predicted molar refractivity (Wildman–Crippen MR) is 52.5 cm³/mol. The van der Waals surface area contributed by atoms with Gasteiger partial charge in [0.1, 0.15) is 6.33 Å². The molecule has 0 N–H and O–H groups in total. The lowest BCUT2D eigenvalue weighted by atomic mass is 9.78. The molecule has 0 aliphatic heterocycles. The SMILES string of the molecule is CC(C)(C)C1CCc2ncncc21. The number of hydrogen-bond donors (Lipinski definition) is 0. The summed E-state index contributed by atoms with van der Waals surface area (Å²) in [5.74, 6) is 0.642. The highest BCUT2D eigenvalue weighted by Gasteiger charge is 2.32. The van der Waals surface area contributed by atoms with E-state index in [-0.39, 0.29) is 0 Å². The Hall–Kier alpha value is -0.920. The van der Waals surface area contributed by atoms with Gasteiger partial charge < -0.3 is 0 Å². The Balaban J connectivity index is 2.39. The normalized spacial score (nSPS) is 21.6. The first kappa shape index (κ1) is 8.67. The molecule has 0 fully saturated rings. The van der Waals surface area contributed by atoms with Crippen LogP contribution in [0.4, 0.5) is 0 Å². The van der Waals surface area contributed by atoms with Gasteiger partial charge in [-0.2, -0.15) is 0 Å². The van der Waals surface area contributed by atoms with E-state index in [0.29, 0.717) is 11.3 Å². The Morgan fingerprint density at radius 1 is 1.38 bits per heavy atom. The van der Waals surface area contributed by atoms with Gasteiger partial charge in [0, 0.05) is 11.9 Å². The highest BCUT2D eigenvalue weighted by Crippen LogP contribution is 2.43. The molecule has 70 valence electrons. The number of fused-ring (bicyclic) bond motifs is 1. The van der Waals surface area contributed by atoms with Gasteiger partial charge >= 0.3 is 0 Å². The molecule has 0 spiro atoms. The number of hydrogen-bond acceptors (Lipinski definition) is 2. The van der Waals surface area contributed by atoms with Crippen molar-refractivity contribution in [1.29, 1.82) is 0 Å². The Morgan fingerprint density at radius 2 is 2.15 bits per heavy atom. The van der Waals surface area contributed by atoms with Gasteiger partial charge in [0.2, 0.25) is 0 Å². The second-order valence-electron chi connectivity index (χ2n) is 4.88. The molecular weight excluding hydrogens is 160 g/mol. The third-order valence-corrected chi connectivity index (χ3v) is 2.92. The zero-order chi connectivity index (χ0) is 9.47. The summed E-state index contributed by atoms with van der Waals surface area (Å²) in [4.78, 5) is 8.42. The number of aromatic nitrogens is 2. The molecule has 2 rings (SSSR count). The standard InChI is InChI=1S/C11H16N2/c1-11(2,3)9-4-5-10-8(9)6-12-7-13-10/h6-7,9H,4-5H2,1-3H3. The zero-order valence-electron chi connectivity index (χ0n) is 8.54. The lowest BCUT2D eigenvalue weighted by molar-refractivity contribution is 0.318. The van der Waals surface area contributed by atoms with Crippen LogP contribution in [-0.2, 0) is 6.42 Å². The summed E-state index contributed by atoms with van der Waals surface area (Å²) >= 11 is 0. The Bertz CT molecular complexity index is 312. The summed E-state index contributed by atoms with van der Waals surface area (Å²) in [7, 11) is 0. The number of nitrogens with zero attached hydrogens (tertiary/aromatic N) is 2. The molecule has 0 amide bonds. The second-order valence-corrected chi connectivity index (χ2v) is 4.88. The summed E-state index contributed by atoms with van der Waals surface area (Å²) in [5, 5.41) is 0. The monoisotopic (exact) mass is 176 g/mol. The topological polar surface area (TPSA) is 25.8 Å². The van der Waals surface area contributed by atoms with E-state index in [1.807, 2.05) is 6.20 Å². The van der Waals surface area contributed by atoms with Crippen molar-refractivity contribution in [3.05, 3.63) is 23.8 Å². The Labute approximate surface area is 79.4 Å². The lowest BCUT2D eigenvalue weighted by Gasteiger charge is -2.27. The van der Waals surface area contributed by atoms with Crippen LogP contribution in [0.25, 0.3) is 0 Å². The minimum atomic E-state index is 0.343. The molecule has 1 heterocycles. The molecule has 1 aliphatic rings. The van der Waals surface area contributed by atoms with E-state index >= 15 is 0 Å². The minimum Gasteiger partial charge on any atom is -0.245 e. The van der Waals surface area contributed by atoms with Crippen molar-refractivity contribution in [2.75, 3.05) is 0 Å². The first-order chi connectivity index (χ1) is 6.09. The van der Waals surface area contributed by atoms with Gasteiger partial charge in [-0.15, -0.1) is 0 Å². The summed E-state index contributed by atoms with van der Waals surface area (Å²) in [6.45, 7) is 6.87. The summed E-state index contributed by atoms with van der Waals surface area (Å²) in [5.41, 5.74) is 2.97. The van der Waals surface area contributed by atoms with Crippen molar-refractivity contribution < 1.29 is 0 Å². The molecule has 2 heteroatoms. The Morgan fingerprint density at radius 3 is 2.85 bits per heavy atom. The van der Waals surface area contributed by atoms with Crippen LogP contribution in [-0.4, -0.2) is 9.97 Å². The molecule has 1 aliphatic carbocycles. The van der Waals surface area contributed by atoms with Gasteiger partial charge in [-0.05, 0) is 29.7 Å². The van der Waals surface area contributed by atoms with Crippen LogP contribution in [0.1, 0.15) is 44.4 Å². The molecule has 0 radical (unpaired) electrons. The highest BCUT2D eigenvalue weighted by atomic mass is 14.8. The van der Waals surface area contributed by atoms with Crippen LogP contribution in [0.3, 0.4) is 0 Å². The lowest BCUT2D eigenvalue weighted by Crippen LogP contribution is -2.15. The smallest absolute Gasteiger partial charge is 0.115 e. The van der Waals surface area contributed by atoms with Crippen LogP contribution in [0, 0.1) is 5.41 Å². The average molecular weight is 176 g/mol. The van der Waals surface area contributed by atoms with Crippen LogP contribution in [0.5, 0.6) is 0 Å². The second kappa shape index (κ2) is 2.79. The molecule has 0 saturated carbocycles. The predicted octanol–water partition coefficient (Wildman–Crippen LogP) is 2.55. The molecule has 13 heavy (non-hydrogen) atoms. The van der Waals surface area contributed by atoms with Crippen LogP contribution in [0.2, 0.25) is 0 Å². The van der Waals surface area contributed by atoms with Gasteiger partial charge in [-0.3, -0.25) is 0 Å². The average Bonchev–Trinajstić information content (AvgIpc) is 2.45. The maximum Gasteiger partial charge on any atom is 0.115 e. The van der Waals surface area contributed by atoms with Crippen LogP contribution in [0.15, 0.2) is 12.5 Å². The highest BCUT2D eigenvalue weighted by molar-refractivity contribution is 5.28. The summed E-state index contributed by atoms with van der Waals surface area (Å²) < 4.78 is 0. The van der Waals surface area contributed by atoms with E-state index in [4.69, 9.17) is 0 Å². The quantitative estimate of drug-likeness (QED) is 0.607. The third-order valence-electron chi connectivity index (χ3n) is 2.92. The number of aryl methyl sites for hydroxylation is 1. The first-order valence-corrected chi connectivity index (χ1v) is 4.88. The molecule has 1 unspecified atom stereocenters. The first-order valence-electron chi connectivity index (χ1n) is 4.88. The fraction of sp³-hybridized carbons (Fsp3) is 0.636. The van der Waals surface area contributed by atoms with Crippen molar-refractivity contribution in [3.8, 4) is 0 Å². The molecule has 1 aromatic heterocycles. The molecule has 1 aromatic rings. The van der Waals surface area contributed by atoms with Crippen molar-refractivity contribution in [1.82, 2.24) is 9.97 Å². The van der Waals surface area contributed by atoms with Crippen molar-refractivity contribution in [2.24, 2.45) is 5.41 Å². The van der Waals surface area contributed by atoms with E-state index in [1.54, 1.807) is 6.33 Å². The molecule has 0 saturated heterocycles. The fourth-order valence-corrected chi connectivity index (χ4v) is 2.20. The van der Waals surface area contributed by atoms with Gasteiger partial charge in [-0.25, -0.2) is 9.97 Å². The molecule has 0 bridgehead atoms. The summed E-state index contributed by atoms with van der Waals surface area (Å²) in [6, 6.07) is 0. The van der Waals surface area contributed by atoms with Gasteiger partial charge in [0.15, 0.2) is 0 Å². The molecule has 1 atom stereocenters. The molecular formula is C11H16N2. The van der Waals surface area contributed by atoms with Crippen molar-refractivity contribution in [2.45, 2.75) is 39.5 Å². The largest absolute Gasteiger partial charge is 0.245 e. The minimum absolute atomic E-state index is 0.343. The van der Waals surface area contributed by atoms with Crippen LogP contribution >= 0.6 is 0 Å². The van der Waals surface area contributed by atoms with Crippen molar-refractivity contribution >= 4 is 0 Å². The Kier molecular flexibility index (Phi) is 1.86. The van der Waals surface area contributed by atoms with E-state index in [9.17, 15) is 0 Å². The van der Waals surface area contributed by atoms with E-state index in [2.05, 4.69) is 30.7 Å². The van der Waals surface area contributed by atoms with Gasteiger partial charge in [0.25, 0.3) is 0 Å². The maximum atomic E-state index is 4.31. The van der Waals surface area contributed by atoms with E-state index < -0.39 is 0 Å². The fourth-order valence-electron chi connectivity index (χ4n) is 2.20. The van der Waals surface area contributed by atoms with Crippen molar-refractivity contribution in [3.63, 3.8) is 0 Å². The molecule has 2 nitrogen and oxygen atoms in total. The third kappa shape index (κ3) is 1.45. The van der Waals surface area contributed by atoms with E-state index in [1.165, 1.54) is 17.7 Å². The maximum absolute atomic E-state index is 4.31. The van der Waals surface area contributed by atoms with Crippen LogP contribution < -0.4 is 0 Å².